The first-order chi connectivity index (χ1) is 11.0. The molecule has 0 fully saturated rings. The van der Waals surface area contributed by atoms with Crippen LogP contribution in [-0.4, -0.2) is 22.9 Å². The Bertz CT molecular complexity index is 960. The number of aromatic nitrogens is 2. The van der Waals surface area contributed by atoms with Crippen molar-refractivity contribution in [3.8, 4) is 0 Å². The van der Waals surface area contributed by atoms with Crippen molar-refractivity contribution >= 4 is 21.2 Å². The summed E-state index contributed by atoms with van der Waals surface area (Å²) in [6, 6.07) is 13.6. The largest absolute Gasteiger partial charge is 0.328 e. The second kappa shape index (κ2) is 5.98. The van der Waals surface area contributed by atoms with Crippen LogP contribution in [0, 0.1) is 0 Å². The molecule has 0 atom stereocenters. The van der Waals surface area contributed by atoms with Crippen LogP contribution in [0.15, 0.2) is 60.3 Å². The minimum Gasteiger partial charge on any atom is -0.327 e. The lowest BCUT2D eigenvalue weighted by Crippen LogP contribution is -2.00. The summed E-state index contributed by atoms with van der Waals surface area (Å²) >= 11 is 0. The molecule has 0 radical (unpaired) electrons. The van der Waals surface area contributed by atoms with Crippen LogP contribution in [0.4, 0.5) is 0 Å². The maximum Gasteiger partial charge on any atom is 0.328 e. The van der Waals surface area contributed by atoms with Gasteiger partial charge in [-0.25, -0.2) is 4.98 Å². The fourth-order valence-corrected chi connectivity index (χ4v) is 3.06. The van der Waals surface area contributed by atoms with E-state index >= 15 is 0 Å². The van der Waals surface area contributed by atoms with Crippen molar-refractivity contribution in [1.29, 1.82) is 0 Å². The molecule has 0 aliphatic rings. The number of hydrogen-bond donors (Lipinski definition) is 2. The molecule has 118 valence electrons. The van der Waals surface area contributed by atoms with Crippen molar-refractivity contribution < 1.29 is 13.0 Å². The summed E-state index contributed by atoms with van der Waals surface area (Å²) in [7, 11) is -4.37. The van der Waals surface area contributed by atoms with Crippen molar-refractivity contribution in [3.63, 3.8) is 0 Å². The van der Waals surface area contributed by atoms with Gasteiger partial charge in [-0.15, -0.1) is 6.58 Å². The van der Waals surface area contributed by atoms with Crippen LogP contribution >= 0.6 is 0 Å². The van der Waals surface area contributed by atoms with Gasteiger partial charge in [0.1, 0.15) is 0 Å². The van der Waals surface area contributed by atoms with Crippen LogP contribution in [0.2, 0.25) is 0 Å². The first-order valence-corrected chi connectivity index (χ1v) is 8.56. The Morgan fingerprint density at radius 1 is 1.17 bits per heavy atom. The minimum atomic E-state index is -4.37. The van der Waals surface area contributed by atoms with Crippen molar-refractivity contribution in [3.05, 3.63) is 71.8 Å². The number of aromatic amines is 1. The van der Waals surface area contributed by atoms with Gasteiger partial charge in [-0.1, -0.05) is 42.5 Å². The zero-order valence-electron chi connectivity index (χ0n) is 12.4. The highest BCUT2D eigenvalue weighted by Gasteiger charge is 2.18. The maximum atomic E-state index is 11.3. The smallest absolute Gasteiger partial charge is 0.327 e. The summed E-state index contributed by atoms with van der Waals surface area (Å²) < 4.78 is 31.9. The van der Waals surface area contributed by atoms with E-state index in [9.17, 15) is 13.0 Å². The SMILES string of the molecule is C=CCc1ccc2[nH]c(S(=O)(=O)O)nc2c1Cc1ccccc1. The molecule has 0 unspecified atom stereocenters. The normalized spacial score (nSPS) is 11.7. The Hall–Kier alpha value is -2.44. The fraction of sp³-hybridized carbons (Fsp3) is 0.118. The van der Waals surface area contributed by atoms with Gasteiger partial charge in [0.15, 0.2) is 0 Å². The molecule has 6 heteroatoms. The molecule has 0 spiro atoms. The van der Waals surface area contributed by atoms with Crippen LogP contribution < -0.4 is 0 Å². The van der Waals surface area contributed by atoms with E-state index in [1.807, 2.05) is 36.4 Å². The van der Waals surface area contributed by atoms with E-state index in [0.29, 0.717) is 23.9 Å². The molecule has 0 aliphatic carbocycles. The molecule has 2 aromatic carbocycles. The molecule has 0 amide bonds. The highest BCUT2D eigenvalue weighted by atomic mass is 32.2. The number of fused-ring (bicyclic) bond motifs is 1. The third-order valence-corrected chi connectivity index (χ3v) is 4.35. The number of benzene rings is 2. The number of allylic oxidation sites excluding steroid dienone is 1. The first-order valence-electron chi connectivity index (χ1n) is 7.12. The van der Waals surface area contributed by atoms with Crippen LogP contribution in [0.1, 0.15) is 16.7 Å². The Morgan fingerprint density at radius 2 is 1.91 bits per heavy atom. The van der Waals surface area contributed by atoms with E-state index in [1.54, 1.807) is 12.1 Å². The van der Waals surface area contributed by atoms with E-state index in [4.69, 9.17) is 0 Å². The lowest BCUT2D eigenvalue weighted by atomic mass is 9.96. The number of imidazole rings is 1. The minimum absolute atomic E-state index is 0.433. The number of H-pyrrole nitrogens is 1. The van der Waals surface area contributed by atoms with Crippen molar-refractivity contribution in [2.75, 3.05) is 0 Å². The summed E-state index contributed by atoms with van der Waals surface area (Å²) in [5.74, 6) is 0. The number of nitrogens with zero attached hydrogens (tertiary/aromatic N) is 1. The highest BCUT2D eigenvalue weighted by molar-refractivity contribution is 7.85. The lowest BCUT2D eigenvalue weighted by Gasteiger charge is -2.09. The van der Waals surface area contributed by atoms with E-state index in [1.165, 1.54) is 0 Å². The number of rotatable bonds is 5. The predicted octanol–water partition coefficient (Wildman–Crippen LogP) is 3.13. The second-order valence-corrected chi connectivity index (χ2v) is 6.61. The number of hydrogen-bond acceptors (Lipinski definition) is 3. The fourth-order valence-electron chi connectivity index (χ4n) is 2.62. The molecule has 23 heavy (non-hydrogen) atoms. The molecular weight excluding hydrogens is 312 g/mol. The van der Waals surface area contributed by atoms with Gasteiger partial charge in [0.25, 0.3) is 5.16 Å². The molecule has 2 N–H and O–H groups in total. The Balaban J connectivity index is 2.19. The van der Waals surface area contributed by atoms with Gasteiger partial charge in [0, 0.05) is 0 Å². The van der Waals surface area contributed by atoms with Crippen molar-refractivity contribution in [1.82, 2.24) is 9.97 Å². The van der Waals surface area contributed by atoms with Crippen LogP contribution in [-0.2, 0) is 23.0 Å². The van der Waals surface area contributed by atoms with Gasteiger partial charge in [-0.2, -0.15) is 8.42 Å². The highest BCUT2D eigenvalue weighted by Crippen LogP contribution is 2.25. The maximum absolute atomic E-state index is 11.3. The molecule has 3 aromatic rings. The molecule has 0 saturated heterocycles. The molecule has 0 saturated carbocycles. The third-order valence-electron chi connectivity index (χ3n) is 3.67. The molecule has 5 nitrogen and oxygen atoms in total. The molecule has 0 bridgehead atoms. The standard InChI is InChI=1S/C17H16N2O3S/c1-2-6-13-9-10-15-16(19-17(18-15)23(20,21)22)14(13)11-12-7-4-3-5-8-12/h2-5,7-10H,1,6,11H2,(H,18,19)(H,20,21,22). The van der Waals surface area contributed by atoms with Gasteiger partial charge >= 0.3 is 10.1 Å². The predicted molar refractivity (Wildman–Crippen MR) is 89.1 cm³/mol. The number of nitrogens with one attached hydrogen (secondary N) is 1. The van der Waals surface area contributed by atoms with E-state index in [2.05, 4.69) is 16.5 Å². The van der Waals surface area contributed by atoms with Gasteiger partial charge in [0.2, 0.25) is 0 Å². The Kier molecular flexibility index (Phi) is 4.02. The monoisotopic (exact) mass is 328 g/mol. The van der Waals surface area contributed by atoms with Crippen molar-refractivity contribution in [2.24, 2.45) is 0 Å². The van der Waals surface area contributed by atoms with Crippen molar-refractivity contribution in [2.45, 2.75) is 18.0 Å². The average Bonchev–Trinajstić information content (AvgIpc) is 2.95. The summed E-state index contributed by atoms with van der Waals surface area (Å²) in [6.07, 6.45) is 3.08. The van der Waals surface area contributed by atoms with E-state index in [-0.39, 0.29) is 0 Å². The summed E-state index contributed by atoms with van der Waals surface area (Å²) in [5, 5.41) is -0.433. The van der Waals surface area contributed by atoms with Crippen LogP contribution in [0.25, 0.3) is 11.0 Å². The third kappa shape index (κ3) is 3.18. The van der Waals surface area contributed by atoms with E-state index in [0.717, 1.165) is 16.7 Å². The van der Waals surface area contributed by atoms with Gasteiger partial charge < -0.3 is 4.98 Å². The van der Waals surface area contributed by atoms with Gasteiger partial charge in [-0.05, 0) is 35.6 Å². The zero-order chi connectivity index (χ0) is 16.4. The topological polar surface area (TPSA) is 83.0 Å². The summed E-state index contributed by atoms with van der Waals surface area (Å²) in [4.78, 5) is 6.75. The Morgan fingerprint density at radius 3 is 2.57 bits per heavy atom. The Labute approximate surface area is 134 Å². The quantitative estimate of drug-likeness (QED) is 0.557. The van der Waals surface area contributed by atoms with Gasteiger partial charge in [-0.3, -0.25) is 4.55 Å². The first kappa shape index (κ1) is 15.5. The molecular formula is C17H16N2O3S. The molecule has 3 rings (SSSR count). The zero-order valence-corrected chi connectivity index (χ0v) is 13.2. The van der Waals surface area contributed by atoms with Crippen LogP contribution in [0.3, 0.4) is 0 Å². The lowest BCUT2D eigenvalue weighted by molar-refractivity contribution is 0.476. The van der Waals surface area contributed by atoms with Crippen LogP contribution in [0.5, 0.6) is 0 Å². The molecule has 1 heterocycles. The molecule has 0 aliphatic heterocycles. The molecule has 1 aromatic heterocycles. The second-order valence-electron chi connectivity index (χ2n) is 5.27. The van der Waals surface area contributed by atoms with E-state index < -0.39 is 15.3 Å². The summed E-state index contributed by atoms with van der Waals surface area (Å²) in [6.45, 7) is 3.76. The summed E-state index contributed by atoms with van der Waals surface area (Å²) in [5.41, 5.74) is 4.20. The average molecular weight is 328 g/mol. The van der Waals surface area contributed by atoms with Gasteiger partial charge in [0.05, 0.1) is 11.0 Å².